The lowest BCUT2D eigenvalue weighted by molar-refractivity contribution is 0.157. The van der Waals surface area contributed by atoms with E-state index < -0.39 is 0 Å². The van der Waals surface area contributed by atoms with Crippen LogP contribution in [0.5, 0.6) is 0 Å². The number of hydrogen-bond donors (Lipinski definition) is 0. The van der Waals surface area contributed by atoms with Crippen molar-refractivity contribution in [1.29, 1.82) is 0 Å². The molecule has 1 aliphatic rings. The van der Waals surface area contributed by atoms with Crippen molar-refractivity contribution in [2.24, 2.45) is 17.8 Å². The van der Waals surface area contributed by atoms with Gasteiger partial charge in [-0.05, 0) is 49.9 Å². The van der Waals surface area contributed by atoms with E-state index >= 15 is 0 Å². The summed E-state index contributed by atoms with van der Waals surface area (Å²) in [4.78, 5) is 0. The third kappa shape index (κ3) is 4.00. The minimum Gasteiger partial charge on any atom is -0.385 e. The topological polar surface area (TPSA) is 9.23 Å². The second-order valence-corrected chi connectivity index (χ2v) is 5.09. The lowest BCUT2D eigenvalue weighted by Gasteiger charge is -2.32. The van der Waals surface area contributed by atoms with E-state index in [4.69, 9.17) is 4.74 Å². The molecule has 3 atom stereocenters. The summed E-state index contributed by atoms with van der Waals surface area (Å²) < 4.78 is 5.11. The highest BCUT2D eigenvalue weighted by molar-refractivity contribution is 4.76. The molecule has 14 heavy (non-hydrogen) atoms. The Morgan fingerprint density at radius 3 is 2.50 bits per heavy atom. The predicted octanol–water partition coefficient (Wildman–Crippen LogP) is 3.88. The Kier molecular flexibility index (Phi) is 5.54. The van der Waals surface area contributed by atoms with Crippen molar-refractivity contribution in [2.75, 3.05) is 13.7 Å². The maximum Gasteiger partial charge on any atom is 0.0462 e. The summed E-state index contributed by atoms with van der Waals surface area (Å²) in [6.45, 7) is 5.71. The molecule has 1 nitrogen and oxygen atoms in total. The van der Waals surface area contributed by atoms with Crippen LogP contribution in [0.1, 0.15) is 52.4 Å². The van der Waals surface area contributed by atoms with Crippen molar-refractivity contribution in [3.8, 4) is 0 Å². The lowest BCUT2D eigenvalue weighted by Crippen LogP contribution is -2.21. The van der Waals surface area contributed by atoms with Crippen molar-refractivity contribution < 1.29 is 4.74 Å². The Balaban J connectivity index is 2.23. The summed E-state index contributed by atoms with van der Waals surface area (Å²) in [5.41, 5.74) is 0. The quantitative estimate of drug-likeness (QED) is 0.609. The van der Waals surface area contributed by atoms with Crippen LogP contribution in [-0.2, 0) is 4.74 Å². The number of hydrogen-bond acceptors (Lipinski definition) is 1. The van der Waals surface area contributed by atoms with Crippen LogP contribution in [0.25, 0.3) is 0 Å². The van der Waals surface area contributed by atoms with E-state index in [0.717, 1.165) is 24.4 Å². The zero-order chi connectivity index (χ0) is 10.4. The molecular formula is C13H26O. The highest BCUT2D eigenvalue weighted by Crippen LogP contribution is 2.36. The molecule has 1 heteroatoms. The molecule has 0 spiro atoms. The van der Waals surface area contributed by atoms with Gasteiger partial charge >= 0.3 is 0 Å². The van der Waals surface area contributed by atoms with Crippen LogP contribution >= 0.6 is 0 Å². The summed E-state index contributed by atoms with van der Waals surface area (Å²) >= 11 is 0. The molecule has 0 heterocycles. The fourth-order valence-electron chi connectivity index (χ4n) is 2.98. The van der Waals surface area contributed by atoms with Crippen molar-refractivity contribution in [3.05, 3.63) is 0 Å². The number of ether oxygens (including phenoxy) is 1. The molecule has 0 aromatic heterocycles. The second kappa shape index (κ2) is 6.44. The number of rotatable bonds is 5. The predicted molar refractivity (Wildman–Crippen MR) is 61.4 cm³/mol. The van der Waals surface area contributed by atoms with Crippen LogP contribution in [0, 0.1) is 17.8 Å². The van der Waals surface area contributed by atoms with Gasteiger partial charge in [0.05, 0.1) is 0 Å². The Morgan fingerprint density at radius 2 is 1.86 bits per heavy atom. The lowest BCUT2D eigenvalue weighted by atomic mass is 9.73. The van der Waals surface area contributed by atoms with E-state index in [1.165, 1.54) is 38.5 Å². The number of methoxy groups -OCH3 is 1. The smallest absolute Gasteiger partial charge is 0.0462 e. The average Bonchev–Trinajstić information content (AvgIpc) is 2.17. The Labute approximate surface area is 89.2 Å². The Hall–Kier alpha value is -0.0400. The van der Waals surface area contributed by atoms with Gasteiger partial charge < -0.3 is 4.74 Å². The molecule has 0 aromatic carbocycles. The van der Waals surface area contributed by atoms with E-state index in [-0.39, 0.29) is 0 Å². The van der Waals surface area contributed by atoms with Gasteiger partial charge in [-0.3, -0.25) is 0 Å². The first kappa shape index (κ1) is 12.0. The average molecular weight is 198 g/mol. The maximum absolute atomic E-state index is 5.11. The minimum atomic E-state index is 0.946. The molecule has 0 amide bonds. The summed E-state index contributed by atoms with van der Waals surface area (Å²) in [6, 6.07) is 0. The fraction of sp³-hybridized carbons (Fsp3) is 1.00. The summed E-state index contributed by atoms with van der Waals surface area (Å²) in [5, 5.41) is 0. The third-order valence-electron chi connectivity index (χ3n) is 3.68. The van der Waals surface area contributed by atoms with Crippen molar-refractivity contribution in [3.63, 3.8) is 0 Å². The Morgan fingerprint density at radius 1 is 1.14 bits per heavy atom. The van der Waals surface area contributed by atoms with E-state index in [1.54, 1.807) is 7.11 Å². The van der Waals surface area contributed by atoms with Gasteiger partial charge in [0.2, 0.25) is 0 Å². The van der Waals surface area contributed by atoms with Crippen LogP contribution < -0.4 is 0 Å². The zero-order valence-electron chi connectivity index (χ0n) is 10.1. The molecule has 1 fully saturated rings. The molecule has 0 saturated heterocycles. The molecule has 84 valence electrons. The van der Waals surface area contributed by atoms with Crippen LogP contribution in [0.3, 0.4) is 0 Å². The van der Waals surface area contributed by atoms with Crippen molar-refractivity contribution in [1.82, 2.24) is 0 Å². The summed E-state index contributed by atoms with van der Waals surface area (Å²) in [7, 11) is 1.80. The van der Waals surface area contributed by atoms with E-state index in [1.807, 2.05) is 0 Å². The molecule has 3 unspecified atom stereocenters. The van der Waals surface area contributed by atoms with Gasteiger partial charge in [0.15, 0.2) is 0 Å². The van der Waals surface area contributed by atoms with Gasteiger partial charge in [0, 0.05) is 13.7 Å². The van der Waals surface area contributed by atoms with Gasteiger partial charge in [-0.1, -0.05) is 20.3 Å². The molecular weight excluding hydrogens is 172 g/mol. The molecule has 1 aliphatic carbocycles. The van der Waals surface area contributed by atoms with Crippen LogP contribution in [-0.4, -0.2) is 13.7 Å². The third-order valence-corrected chi connectivity index (χ3v) is 3.68. The normalized spacial score (nSPS) is 33.2. The first-order chi connectivity index (χ1) is 6.76. The molecule has 0 N–H and O–H groups in total. The summed E-state index contributed by atoms with van der Waals surface area (Å²) in [6.07, 6.45) is 8.42. The zero-order valence-corrected chi connectivity index (χ0v) is 10.1. The highest BCUT2D eigenvalue weighted by atomic mass is 16.5. The first-order valence-corrected chi connectivity index (χ1v) is 6.25. The van der Waals surface area contributed by atoms with Crippen LogP contribution in [0.4, 0.5) is 0 Å². The highest BCUT2D eigenvalue weighted by Gasteiger charge is 2.24. The SMILES string of the molecule is CCC1CC(C)CC(CCCOC)C1. The van der Waals surface area contributed by atoms with E-state index in [2.05, 4.69) is 13.8 Å². The minimum absolute atomic E-state index is 0.946. The van der Waals surface area contributed by atoms with Gasteiger partial charge in [-0.2, -0.15) is 0 Å². The van der Waals surface area contributed by atoms with Gasteiger partial charge in [0.25, 0.3) is 0 Å². The summed E-state index contributed by atoms with van der Waals surface area (Å²) in [5.74, 6) is 2.95. The van der Waals surface area contributed by atoms with Gasteiger partial charge in [-0.15, -0.1) is 0 Å². The molecule has 1 saturated carbocycles. The van der Waals surface area contributed by atoms with Gasteiger partial charge in [0.1, 0.15) is 0 Å². The molecule has 0 aromatic rings. The fourth-order valence-corrected chi connectivity index (χ4v) is 2.98. The standard InChI is InChI=1S/C13H26O/c1-4-12-8-11(2)9-13(10-12)6-5-7-14-3/h11-13H,4-10H2,1-3H3. The van der Waals surface area contributed by atoms with Crippen LogP contribution in [0.2, 0.25) is 0 Å². The molecule has 1 rings (SSSR count). The van der Waals surface area contributed by atoms with E-state index in [9.17, 15) is 0 Å². The van der Waals surface area contributed by atoms with E-state index in [0.29, 0.717) is 0 Å². The maximum atomic E-state index is 5.11. The van der Waals surface area contributed by atoms with Crippen molar-refractivity contribution in [2.45, 2.75) is 52.4 Å². The molecule has 0 radical (unpaired) electrons. The molecule has 0 aliphatic heterocycles. The van der Waals surface area contributed by atoms with Crippen molar-refractivity contribution >= 4 is 0 Å². The molecule has 0 bridgehead atoms. The largest absolute Gasteiger partial charge is 0.385 e. The van der Waals surface area contributed by atoms with Crippen LogP contribution in [0.15, 0.2) is 0 Å². The Bertz CT molecular complexity index is 144. The second-order valence-electron chi connectivity index (χ2n) is 5.09. The monoisotopic (exact) mass is 198 g/mol. The first-order valence-electron chi connectivity index (χ1n) is 6.25. The van der Waals surface area contributed by atoms with Gasteiger partial charge in [-0.25, -0.2) is 0 Å².